The van der Waals surface area contributed by atoms with E-state index in [4.69, 9.17) is 19.3 Å². The number of aliphatic carboxylic acids is 1. The van der Waals surface area contributed by atoms with E-state index in [1.807, 2.05) is 0 Å². The van der Waals surface area contributed by atoms with Crippen LogP contribution in [-0.2, 0) is 38.2 Å². The predicted molar refractivity (Wildman–Crippen MR) is 126 cm³/mol. The molecule has 0 spiro atoms. The second kappa shape index (κ2) is 13.4. The zero-order valence-electron chi connectivity index (χ0n) is 20.4. The van der Waals surface area contributed by atoms with E-state index in [0.29, 0.717) is 12.2 Å². The SMILES string of the molecule is O=C1CCC(N2C(=O)c3cccc(NCCOCCOCCOC(=O)CCC(=O)C(=O)O)c3C2=O)C(=O)N1. The molecule has 2 aliphatic rings. The second-order valence-electron chi connectivity index (χ2n) is 8.28. The lowest BCUT2D eigenvalue weighted by Crippen LogP contribution is -2.54. The number of nitrogens with one attached hydrogen (secondary N) is 2. The summed E-state index contributed by atoms with van der Waals surface area (Å²) >= 11 is 0. The number of carbonyl (C=O) groups is 7. The van der Waals surface area contributed by atoms with Gasteiger partial charge in [-0.2, -0.15) is 0 Å². The standard InChI is InChI=1S/C24H27N3O11/c28-17(24(34)35)5-7-19(30)38-13-12-37-11-10-36-9-8-25-15-3-1-2-14-20(15)23(33)27(22(14)32)16-4-6-18(29)26-21(16)31/h1-3,16,25H,4-13H2,(H,34,35)(H,26,29,31). The van der Waals surface area contributed by atoms with Crippen LogP contribution < -0.4 is 10.6 Å². The van der Waals surface area contributed by atoms with E-state index >= 15 is 0 Å². The van der Waals surface area contributed by atoms with Crippen molar-refractivity contribution in [1.29, 1.82) is 0 Å². The minimum atomic E-state index is -1.59. The monoisotopic (exact) mass is 533 g/mol. The molecule has 1 unspecified atom stereocenters. The van der Waals surface area contributed by atoms with Gasteiger partial charge in [-0.05, 0) is 18.6 Å². The number of anilines is 1. The Hall–Kier alpha value is -4.17. The maximum Gasteiger partial charge on any atom is 0.372 e. The van der Waals surface area contributed by atoms with Gasteiger partial charge >= 0.3 is 11.9 Å². The number of benzene rings is 1. The van der Waals surface area contributed by atoms with Crippen molar-refractivity contribution in [2.24, 2.45) is 0 Å². The van der Waals surface area contributed by atoms with Crippen LogP contribution >= 0.6 is 0 Å². The zero-order valence-corrected chi connectivity index (χ0v) is 20.4. The third-order valence-corrected chi connectivity index (χ3v) is 5.69. The number of Topliss-reactive ketones (excluding diaryl/α,β-unsaturated/α-hetero) is 1. The minimum absolute atomic E-state index is 0.0396. The summed E-state index contributed by atoms with van der Waals surface area (Å²) in [6.45, 7) is 1.04. The summed E-state index contributed by atoms with van der Waals surface area (Å²) in [6.07, 6.45) is -0.630. The van der Waals surface area contributed by atoms with E-state index in [-0.39, 0.29) is 63.4 Å². The van der Waals surface area contributed by atoms with E-state index in [9.17, 15) is 33.6 Å². The molecular formula is C24H27N3O11. The molecule has 14 nitrogen and oxygen atoms in total. The van der Waals surface area contributed by atoms with Crippen molar-refractivity contribution in [3.05, 3.63) is 29.3 Å². The number of carboxylic acid groups (broad SMARTS) is 1. The van der Waals surface area contributed by atoms with Gasteiger partial charge in [0, 0.05) is 25.1 Å². The number of esters is 1. The van der Waals surface area contributed by atoms with Crippen molar-refractivity contribution in [3.8, 4) is 0 Å². The lowest BCUT2D eigenvalue weighted by Gasteiger charge is -2.27. The van der Waals surface area contributed by atoms with Gasteiger partial charge in [0.15, 0.2) is 0 Å². The van der Waals surface area contributed by atoms with Crippen molar-refractivity contribution < 1.29 is 52.9 Å². The van der Waals surface area contributed by atoms with Crippen LogP contribution in [0.2, 0.25) is 0 Å². The third kappa shape index (κ3) is 7.20. The highest BCUT2D eigenvalue weighted by molar-refractivity contribution is 6.32. The first-order chi connectivity index (χ1) is 18.2. The molecule has 0 radical (unpaired) electrons. The van der Waals surface area contributed by atoms with Gasteiger partial charge in [0.05, 0.1) is 44.0 Å². The lowest BCUT2D eigenvalue weighted by atomic mass is 10.0. The molecule has 0 bridgehead atoms. The normalized spacial score (nSPS) is 16.7. The van der Waals surface area contributed by atoms with Crippen molar-refractivity contribution in [1.82, 2.24) is 10.2 Å². The Morgan fingerprint density at radius 2 is 1.68 bits per heavy atom. The fourth-order valence-electron chi connectivity index (χ4n) is 3.85. The number of rotatable bonds is 15. The Balaban J connectivity index is 1.33. The van der Waals surface area contributed by atoms with E-state index in [1.54, 1.807) is 12.1 Å². The number of ether oxygens (including phenoxy) is 3. The molecule has 1 fully saturated rings. The van der Waals surface area contributed by atoms with Crippen LogP contribution in [0.5, 0.6) is 0 Å². The maximum absolute atomic E-state index is 13.0. The molecule has 204 valence electrons. The highest BCUT2D eigenvalue weighted by Crippen LogP contribution is 2.32. The molecule has 4 amide bonds. The Morgan fingerprint density at radius 3 is 2.39 bits per heavy atom. The van der Waals surface area contributed by atoms with Crippen LogP contribution in [0.15, 0.2) is 18.2 Å². The van der Waals surface area contributed by atoms with Crippen molar-refractivity contribution in [3.63, 3.8) is 0 Å². The van der Waals surface area contributed by atoms with Gasteiger partial charge in [0.2, 0.25) is 17.6 Å². The number of imide groups is 2. The van der Waals surface area contributed by atoms with Crippen molar-refractivity contribution in [2.45, 2.75) is 31.7 Å². The van der Waals surface area contributed by atoms with Crippen LogP contribution in [0.1, 0.15) is 46.4 Å². The average molecular weight is 533 g/mol. The van der Waals surface area contributed by atoms with Crippen molar-refractivity contribution in [2.75, 3.05) is 44.9 Å². The number of amides is 4. The summed E-state index contributed by atoms with van der Waals surface area (Å²) in [7, 11) is 0. The van der Waals surface area contributed by atoms with Gasteiger partial charge in [-0.25, -0.2) is 4.79 Å². The van der Waals surface area contributed by atoms with Crippen LogP contribution in [0, 0.1) is 0 Å². The van der Waals surface area contributed by atoms with Gasteiger partial charge in [0.1, 0.15) is 12.6 Å². The fourth-order valence-corrected chi connectivity index (χ4v) is 3.85. The van der Waals surface area contributed by atoms with Crippen LogP contribution in [-0.4, -0.2) is 97.0 Å². The number of hydrogen-bond acceptors (Lipinski definition) is 11. The summed E-state index contributed by atoms with van der Waals surface area (Å²) in [5, 5.41) is 13.7. The lowest BCUT2D eigenvalue weighted by molar-refractivity contribution is -0.151. The highest BCUT2D eigenvalue weighted by atomic mass is 16.6. The summed E-state index contributed by atoms with van der Waals surface area (Å²) in [5.41, 5.74) is 0.753. The highest BCUT2D eigenvalue weighted by Gasteiger charge is 2.45. The Bertz CT molecular complexity index is 1130. The molecule has 14 heteroatoms. The molecule has 3 rings (SSSR count). The molecule has 1 saturated heterocycles. The minimum Gasteiger partial charge on any atom is -0.476 e. The van der Waals surface area contributed by atoms with Crippen LogP contribution in [0.3, 0.4) is 0 Å². The quantitative estimate of drug-likeness (QED) is 0.113. The number of piperidine rings is 1. The number of carboxylic acids is 1. The summed E-state index contributed by atoms with van der Waals surface area (Å²) in [6, 6.07) is 3.72. The van der Waals surface area contributed by atoms with Gasteiger partial charge in [-0.3, -0.25) is 39.0 Å². The average Bonchev–Trinajstić information content (AvgIpc) is 3.14. The molecular weight excluding hydrogens is 506 g/mol. The molecule has 0 saturated carbocycles. The Kier molecular flexibility index (Phi) is 10.0. The van der Waals surface area contributed by atoms with Crippen LogP contribution in [0.25, 0.3) is 0 Å². The second-order valence-corrected chi connectivity index (χ2v) is 8.28. The van der Waals surface area contributed by atoms with E-state index in [0.717, 1.165) is 4.90 Å². The third-order valence-electron chi connectivity index (χ3n) is 5.69. The Labute approximate surface area is 216 Å². The number of carbonyl (C=O) groups excluding carboxylic acids is 6. The largest absolute Gasteiger partial charge is 0.476 e. The molecule has 0 aliphatic carbocycles. The smallest absolute Gasteiger partial charge is 0.372 e. The molecule has 1 atom stereocenters. The number of fused-ring (bicyclic) bond motifs is 1. The number of ketones is 1. The van der Waals surface area contributed by atoms with Gasteiger partial charge in [-0.15, -0.1) is 0 Å². The van der Waals surface area contributed by atoms with E-state index in [2.05, 4.69) is 10.6 Å². The first-order valence-electron chi connectivity index (χ1n) is 11.9. The number of hydrogen-bond donors (Lipinski definition) is 3. The summed E-state index contributed by atoms with van der Waals surface area (Å²) in [5.74, 6) is -5.66. The Morgan fingerprint density at radius 1 is 0.974 bits per heavy atom. The molecule has 3 N–H and O–H groups in total. The molecule has 1 aromatic carbocycles. The number of nitrogens with zero attached hydrogens (tertiary/aromatic N) is 1. The summed E-state index contributed by atoms with van der Waals surface area (Å²) < 4.78 is 15.5. The molecule has 1 aromatic rings. The first-order valence-corrected chi connectivity index (χ1v) is 11.9. The predicted octanol–water partition coefficient (Wildman–Crippen LogP) is -0.490. The fraction of sp³-hybridized carbons (Fsp3) is 0.458. The van der Waals surface area contributed by atoms with Crippen LogP contribution in [0.4, 0.5) is 5.69 Å². The van der Waals surface area contributed by atoms with E-state index in [1.165, 1.54) is 6.07 Å². The van der Waals surface area contributed by atoms with Gasteiger partial charge in [0.25, 0.3) is 11.8 Å². The summed E-state index contributed by atoms with van der Waals surface area (Å²) in [4.78, 5) is 83.1. The molecule has 2 aliphatic heterocycles. The van der Waals surface area contributed by atoms with Crippen molar-refractivity contribution >= 4 is 47.0 Å². The topological polar surface area (TPSA) is 195 Å². The van der Waals surface area contributed by atoms with Gasteiger partial charge < -0.3 is 24.6 Å². The first kappa shape index (κ1) is 28.4. The molecule has 2 heterocycles. The van der Waals surface area contributed by atoms with E-state index < -0.39 is 53.8 Å². The molecule has 38 heavy (non-hydrogen) atoms. The van der Waals surface area contributed by atoms with Gasteiger partial charge in [-0.1, -0.05) is 6.07 Å². The maximum atomic E-state index is 13.0. The molecule has 0 aromatic heterocycles. The zero-order chi connectivity index (χ0) is 27.7.